The molecule has 1 aromatic rings. The third kappa shape index (κ3) is 5.31. The number of nitrogens with two attached hydrogens (primary N) is 1. The Morgan fingerprint density at radius 2 is 1.90 bits per heavy atom. The molecule has 1 aliphatic rings. The molecule has 1 saturated heterocycles. The molecule has 0 radical (unpaired) electrons. The van der Waals surface area contributed by atoms with Crippen LogP contribution in [0.25, 0.3) is 0 Å². The maximum Gasteiger partial charge on any atom is 0.0538 e. The second-order valence-corrected chi connectivity index (χ2v) is 5.45. The molecule has 0 saturated carbocycles. The predicted molar refractivity (Wildman–Crippen MR) is 84.8 cm³/mol. The fourth-order valence-electron chi connectivity index (χ4n) is 2.63. The highest BCUT2D eigenvalue weighted by atomic mass is 15.1. The molecule has 0 atom stereocenters. The number of nitrogens with one attached hydrogen (secondary N) is 1. The number of likely N-dealkylation sites (tertiary alicyclic amines) is 1. The van der Waals surface area contributed by atoms with Crippen molar-refractivity contribution in [2.45, 2.75) is 32.2 Å². The Bertz CT molecular complexity index is 393. The van der Waals surface area contributed by atoms with Crippen LogP contribution in [0.3, 0.4) is 0 Å². The largest absolute Gasteiger partial charge is 0.323 e. The molecule has 0 amide bonds. The lowest BCUT2D eigenvalue weighted by molar-refractivity contribution is 0.329. The van der Waals surface area contributed by atoms with Crippen LogP contribution in [0.4, 0.5) is 0 Å². The van der Waals surface area contributed by atoms with E-state index >= 15 is 0 Å². The summed E-state index contributed by atoms with van der Waals surface area (Å²) in [7, 11) is 0. The lowest BCUT2D eigenvalue weighted by Crippen LogP contribution is -2.22. The average Bonchev–Trinajstić information content (AvgIpc) is 2.98. The summed E-state index contributed by atoms with van der Waals surface area (Å²) < 4.78 is 0. The monoisotopic (exact) mass is 274 g/mol. The molecule has 4 nitrogen and oxygen atoms in total. The zero-order chi connectivity index (χ0) is 14.0. The zero-order valence-corrected chi connectivity index (χ0v) is 12.2. The van der Waals surface area contributed by atoms with Crippen LogP contribution < -0.4 is 11.2 Å². The maximum atomic E-state index is 5.12. The second-order valence-electron chi connectivity index (χ2n) is 5.45. The lowest BCUT2D eigenvalue weighted by Gasteiger charge is -2.14. The number of rotatable bonds is 8. The topological polar surface area (TPSA) is 53.6 Å². The Hall–Kier alpha value is -1.39. The van der Waals surface area contributed by atoms with Crippen LogP contribution in [0, 0.1) is 0 Å². The van der Waals surface area contributed by atoms with E-state index in [2.05, 4.69) is 27.5 Å². The number of hydrogen-bond donors (Lipinski definition) is 2. The first-order chi connectivity index (χ1) is 9.88. The molecular weight excluding hydrogens is 248 g/mol. The number of nitrogens with zero attached hydrogens (tertiary/aromatic N) is 2. The first kappa shape index (κ1) is 15.0. The molecule has 0 spiro atoms. The van der Waals surface area contributed by atoms with Crippen LogP contribution in [0.2, 0.25) is 0 Å². The standard InChI is InChI=1S/C16H26N4/c17-19-14-16-7-5-15(6-8-16)13-18-9-1-2-10-20-11-3-4-12-20/h5-8,14,18H,1-4,9-13,17H2. The van der Waals surface area contributed by atoms with Crippen molar-refractivity contribution in [1.29, 1.82) is 0 Å². The fourth-order valence-corrected chi connectivity index (χ4v) is 2.63. The van der Waals surface area contributed by atoms with E-state index in [1.165, 1.54) is 50.9 Å². The molecule has 0 unspecified atom stereocenters. The molecule has 3 N–H and O–H groups in total. The van der Waals surface area contributed by atoms with Gasteiger partial charge in [0.2, 0.25) is 0 Å². The minimum atomic E-state index is 0.934. The van der Waals surface area contributed by atoms with Crippen molar-refractivity contribution in [2.75, 3.05) is 26.2 Å². The minimum Gasteiger partial charge on any atom is -0.323 e. The average molecular weight is 274 g/mol. The van der Waals surface area contributed by atoms with Gasteiger partial charge in [-0.3, -0.25) is 0 Å². The van der Waals surface area contributed by atoms with Gasteiger partial charge in [-0.05, 0) is 63.0 Å². The summed E-state index contributed by atoms with van der Waals surface area (Å²) in [5, 5.41) is 7.02. The van der Waals surface area contributed by atoms with Crippen molar-refractivity contribution in [2.24, 2.45) is 10.9 Å². The number of hydrogen-bond acceptors (Lipinski definition) is 4. The number of hydrazone groups is 1. The Morgan fingerprint density at radius 1 is 1.15 bits per heavy atom. The van der Waals surface area contributed by atoms with Crippen molar-refractivity contribution in [1.82, 2.24) is 10.2 Å². The van der Waals surface area contributed by atoms with Gasteiger partial charge in [0.1, 0.15) is 0 Å². The van der Waals surface area contributed by atoms with E-state index in [0.29, 0.717) is 0 Å². The summed E-state index contributed by atoms with van der Waals surface area (Å²) in [6.07, 6.45) is 7.01. The predicted octanol–water partition coefficient (Wildman–Crippen LogP) is 1.94. The summed E-state index contributed by atoms with van der Waals surface area (Å²) in [4.78, 5) is 2.58. The lowest BCUT2D eigenvalue weighted by atomic mass is 10.1. The van der Waals surface area contributed by atoms with Gasteiger partial charge < -0.3 is 16.1 Å². The van der Waals surface area contributed by atoms with E-state index in [1.54, 1.807) is 6.21 Å². The van der Waals surface area contributed by atoms with Crippen molar-refractivity contribution in [3.63, 3.8) is 0 Å². The van der Waals surface area contributed by atoms with Crippen molar-refractivity contribution >= 4 is 6.21 Å². The second kappa shape index (κ2) is 8.72. The van der Waals surface area contributed by atoms with Crippen LogP contribution in [-0.2, 0) is 6.54 Å². The molecule has 0 aliphatic carbocycles. The molecule has 1 fully saturated rings. The third-order valence-corrected chi connectivity index (χ3v) is 3.81. The van der Waals surface area contributed by atoms with Gasteiger partial charge >= 0.3 is 0 Å². The van der Waals surface area contributed by atoms with Gasteiger partial charge in [-0.25, -0.2) is 0 Å². The smallest absolute Gasteiger partial charge is 0.0538 e. The highest BCUT2D eigenvalue weighted by Gasteiger charge is 2.09. The Labute approximate surface area is 122 Å². The Balaban J connectivity index is 1.53. The van der Waals surface area contributed by atoms with E-state index in [9.17, 15) is 0 Å². The molecular formula is C16H26N4. The molecule has 4 heteroatoms. The zero-order valence-electron chi connectivity index (χ0n) is 12.2. The van der Waals surface area contributed by atoms with Gasteiger partial charge in [-0.2, -0.15) is 5.10 Å². The minimum absolute atomic E-state index is 0.934. The number of unbranched alkanes of at least 4 members (excludes halogenated alkanes) is 1. The first-order valence-corrected chi connectivity index (χ1v) is 7.64. The van der Waals surface area contributed by atoms with Crippen LogP contribution in [0.1, 0.15) is 36.8 Å². The molecule has 1 aliphatic heterocycles. The van der Waals surface area contributed by atoms with E-state index in [4.69, 9.17) is 5.84 Å². The molecule has 1 heterocycles. The van der Waals surface area contributed by atoms with E-state index < -0.39 is 0 Å². The molecule has 20 heavy (non-hydrogen) atoms. The molecule has 1 aromatic carbocycles. The Morgan fingerprint density at radius 3 is 2.60 bits per heavy atom. The quantitative estimate of drug-likeness (QED) is 0.330. The van der Waals surface area contributed by atoms with Gasteiger partial charge in [0.15, 0.2) is 0 Å². The van der Waals surface area contributed by atoms with Crippen molar-refractivity contribution in [3.8, 4) is 0 Å². The highest BCUT2D eigenvalue weighted by Crippen LogP contribution is 2.08. The van der Waals surface area contributed by atoms with Crippen LogP contribution in [-0.4, -0.2) is 37.3 Å². The summed E-state index contributed by atoms with van der Waals surface area (Å²) >= 11 is 0. The van der Waals surface area contributed by atoms with E-state index in [-0.39, 0.29) is 0 Å². The van der Waals surface area contributed by atoms with Gasteiger partial charge in [0.05, 0.1) is 6.21 Å². The number of benzene rings is 1. The highest BCUT2D eigenvalue weighted by molar-refractivity contribution is 5.79. The fraction of sp³-hybridized carbons (Fsp3) is 0.562. The van der Waals surface area contributed by atoms with Crippen LogP contribution in [0.5, 0.6) is 0 Å². The van der Waals surface area contributed by atoms with Crippen molar-refractivity contribution in [3.05, 3.63) is 35.4 Å². The van der Waals surface area contributed by atoms with Gasteiger partial charge in [-0.15, -0.1) is 0 Å². The Kier molecular flexibility index (Phi) is 6.54. The first-order valence-electron chi connectivity index (χ1n) is 7.64. The summed E-state index contributed by atoms with van der Waals surface area (Å²) in [5.41, 5.74) is 2.35. The molecule has 110 valence electrons. The summed E-state index contributed by atoms with van der Waals surface area (Å²) in [5.74, 6) is 5.12. The van der Waals surface area contributed by atoms with Crippen LogP contribution in [0.15, 0.2) is 29.4 Å². The van der Waals surface area contributed by atoms with Gasteiger partial charge in [0, 0.05) is 6.54 Å². The summed E-state index contributed by atoms with van der Waals surface area (Å²) in [6, 6.07) is 8.32. The molecule has 0 bridgehead atoms. The van der Waals surface area contributed by atoms with Crippen molar-refractivity contribution < 1.29 is 0 Å². The van der Waals surface area contributed by atoms with Gasteiger partial charge in [0.25, 0.3) is 0 Å². The molecule has 2 rings (SSSR count). The SMILES string of the molecule is NN=Cc1ccc(CNCCCCN2CCCC2)cc1. The normalized spacial score (nSPS) is 16.2. The maximum absolute atomic E-state index is 5.12. The van der Waals surface area contributed by atoms with Crippen LogP contribution >= 0.6 is 0 Å². The third-order valence-electron chi connectivity index (χ3n) is 3.81. The molecule has 0 aromatic heterocycles. The van der Waals surface area contributed by atoms with E-state index in [1.807, 2.05) is 12.1 Å². The van der Waals surface area contributed by atoms with E-state index in [0.717, 1.165) is 18.7 Å². The van der Waals surface area contributed by atoms with Gasteiger partial charge in [-0.1, -0.05) is 24.3 Å². The summed E-state index contributed by atoms with van der Waals surface area (Å²) in [6.45, 7) is 5.93.